The van der Waals surface area contributed by atoms with Crippen LogP contribution < -0.4 is 10.1 Å². The molecule has 140 valence electrons. The summed E-state index contributed by atoms with van der Waals surface area (Å²) in [6, 6.07) is 15.1. The van der Waals surface area contributed by atoms with Gasteiger partial charge < -0.3 is 10.1 Å². The van der Waals surface area contributed by atoms with E-state index in [1.165, 1.54) is 0 Å². The number of piperidine rings is 1. The molecule has 5 nitrogen and oxygen atoms in total. The second-order valence-corrected chi connectivity index (χ2v) is 8.46. The lowest BCUT2D eigenvalue weighted by atomic mass is 10.2. The van der Waals surface area contributed by atoms with E-state index in [1.807, 2.05) is 36.4 Å². The normalized spacial score (nSPS) is 15.7. The van der Waals surface area contributed by atoms with Gasteiger partial charge in [-0.2, -0.15) is 4.31 Å². The summed E-state index contributed by atoms with van der Waals surface area (Å²) in [5.41, 5.74) is 2.15. The summed E-state index contributed by atoms with van der Waals surface area (Å²) in [4.78, 5) is 0.382. The molecule has 0 aromatic heterocycles. The summed E-state index contributed by atoms with van der Waals surface area (Å²) in [5.74, 6) is 0.864. The van der Waals surface area contributed by atoms with Crippen molar-refractivity contribution in [3.63, 3.8) is 0 Å². The highest BCUT2D eigenvalue weighted by atomic mass is 32.2. The molecule has 0 amide bonds. The van der Waals surface area contributed by atoms with Gasteiger partial charge in [-0.3, -0.25) is 0 Å². The Morgan fingerprint density at radius 1 is 0.962 bits per heavy atom. The molecule has 3 rings (SSSR count). The molecule has 1 N–H and O–H groups in total. The number of rotatable bonds is 7. The van der Waals surface area contributed by atoms with Crippen LogP contribution >= 0.6 is 0 Å². The van der Waals surface area contributed by atoms with Crippen molar-refractivity contribution < 1.29 is 13.2 Å². The SMILES string of the molecule is COc1ccccc1CNCc1ccc(S(=O)(=O)N2CCCCC2)cc1. The fourth-order valence-electron chi connectivity index (χ4n) is 3.22. The number of hydrogen-bond acceptors (Lipinski definition) is 4. The average molecular weight is 375 g/mol. The third-order valence-electron chi connectivity index (χ3n) is 4.71. The second kappa shape index (κ2) is 8.66. The van der Waals surface area contributed by atoms with E-state index >= 15 is 0 Å². The maximum atomic E-state index is 12.7. The fourth-order valence-corrected chi connectivity index (χ4v) is 4.74. The van der Waals surface area contributed by atoms with Gasteiger partial charge >= 0.3 is 0 Å². The highest BCUT2D eigenvalue weighted by Crippen LogP contribution is 2.21. The maximum Gasteiger partial charge on any atom is 0.243 e. The molecule has 6 heteroatoms. The Morgan fingerprint density at radius 3 is 2.35 bits per heavy atom. The number of nitrogens with zero attached hydrogens (tertiary/aromatic N) is 1. The van der Waals surface area contributed by atoms with Gasteiger partial charge in [-0.15, -0.1) is 0 Å². The van der Waals surface area contributed by atoms with Gasteiger partial charge in [-0.05, 0) is 36.6 Å². The first kappa shape index (κ1) is 18.9. The van der Waals surface area contributed by atoms with Crippen molar-refractivity contribution in [2.75, 3.05) is 20.2 Å². The summed E-state index contributed by atoms with van der Waals surface area (Å²) >= 11 is 0. The van der Waals surface area contributed by atoms with Crippen molar-refractivity contribution >= 4 is 10.0 Å². The summed E-state index contributed by atoms with van der Waals surface area (Å²) < 4.78 is 32.3. The molecule has 2 aromatic rings. The molecule has 2 aromatic carbocycles. The molecular formula is C20H26N2O3S. The number of sulfonamides is 1. The van der Waals surface area contributed by atoms with E-state index < -0.39 is 10.0 Å². The van der Waals surface area contributed by atoms with Gasteiger partial charge in [0.1, 0.15) is 5.75 Å². The molecule has 1 heterocycles. The molecule has 0 saturated carbocycles. The topological polar surface area (TPSA) is 58.6 Å². The van der Waals surface area contributed by atoms with Gasteiger partial charge in [-0.25, -0.2) is 8.42 Å². The van der Waals surface area contributed by atoms with Crippen molar-refractivity contribution in [3.8, 4) is 5.75 Å². The van der Waals surface area contributed by atoms with Gasteiger partial charge in [0.2, 0.25) is 10.0 Å². The first-order valence-electron chi connectivity index (χ1n) is 9.03. The number of hydrogen-bond donors (Lipinski definition) is 1. The summed E-state index contributed by atoms with van der Waals surface area (Å²) in [7, 11) is -1.69. The number of methoxy groups -OCH3 is 1. The molecule has 0 radical (unpaired) electrons. The monoisotopic (exact) mass is 374 g/mol. The highest BCUT2D eigenvalue weighted by Gasteiger charge is 2.25. The van der Waals surface area contributed by atoms with Crippen LogP contribution in [-0.4, -0.2) is 32.9 Å². The Balaban J connectivity index is 1.59. The van der Waals surface area contributed by atoms with E-state index in [1.54, 1.807) is 23.5 Å². The lowest BCUT2D eigenvalue weighted by Gasteiger charge is -2.25. The minimum absolute atomic E-state index is 0.382. The first-order valence-corrected chi connectivity index (χ1v) is 10.5. The molecular weight excluding hydrogens is 348 g/mol. The Labute approximate surface area is 156 Å². The van der Waals surface area contributed by atoms with Crippen molar-refractivity contribution in [3.05, 3.63) is 59.7 Å². The van der Waals surface area contributed by atoms with Crippen molar-refractivity contribution in [2.45, 2.75) is 37.2 Å². The van der Waals surface area contributed by atoms with Crippen LogP contribution in [0, 0.1) is 0 Å². The van der Waals surface area contributed by atoms with Crippen LogP contribution in [0.25, 0.3) is 0 Å². The van der Waals surface area contributed by atoms with Crippen LogP contribution in [0.5, 0.6) is 5.75 Å². The van der Waals surface area contributed by atoms with Gasteiger partial charge in [0.15, 0.2) is 0 Å². The predicted octanol–water partition coefficient (Wildman–Crippen LogP) is 3.16. The zero-order valence-corrected chi connectivity index (χ0v) is 16.0. The molecule has 1 saturated heterocycles. The van der Waals surface area contributed by atoms with Crippen LogP contribution in [0.1, 0.15) is 30.4 Å². The number of ether oxygens (including phenoxy) is 1. The van der Waals surface area contributed by atoms with Crippen LogP contribution in [0.15, 0.2) is 53.4 Å². The van der Waals surface area contributed by atoms with E-state index in [-0.39, 0.29) is 0 Å². The van der Waals surface area contributed by atoms with E-state index in [9.17, 15) is 8.42 Å². The van der Waals surface area contributed by atoms with Gasteiger partial charge in [-0.1, -0.05) is 36.8 Å². The zero-order chi connectivity index (χ0) is 18.4. The quantitative estimate of drug-likeness (QED) is 0.809. The first-order chi connectivity index (χ1) is 12.6. The third kappa shape index (κ3) is 4.44. The largest absolute Gasteiger partial charge is 0.496 e. The molecule has 1 fully saturated rings. The van der Waals surface area contributed by atoms with Crippen molar-refractivity contribution in [2.24, 2.45) is 0 Å². The van der Waals surface area contributed by atoms with Gasteiger partial charge in [0, 0.05) is 31.7 Å². The second-order valence-electron chi connectivity index (χ2n) is 6.52. The van der Waals surface area contributed by atoms with Crippen LogP contribution in [0.3, 0.4) is 0 Å². The average Bonchev–Trinajstić information content (AvgIpc) is 2.69. The van der Waals surface area contributed by atoms with Crippen LogP contribution in [0.2, 0.25) is 0 Å². The zero-order valence-electron chi connectivity index (χ0n) is 15.1. The fraction of sp³-hybridized carbons (Fsp3) is 0.400. The van der Waals surface area contributed by atoms with E-state index in [2.05, 4.69) is 5.32 Å². The van der Waals surface area contributed by atoms with Crippen molar-refractivity contribution in [1.82, 2.24) is 9.62 Å². The smallest absolute Gasteiger partial charge is 0.243 e. The minimum atomic E-state index is -3.35. The lowest BCUT2D eigenvalue weighted by Crippen LogP contribution is -2.35. The standard InChI is InChI=1S/C20H26N2O3S/c1-25-20-8-4-3-7-18(20)16-21-15-17-9-11-19(12-10-17)26(23,24)22-13-5-2-6-14-22/h3-4,7-12,21H,2,5-6,13-16H2,1H3. The van der Waals surface area contributed by atoms with Crippen LogP contribution in [0.4, 0.5) is 0 Å². The summed E-state index contributed by atoms with van der Waals surface area (Å²) in [6.45, 7) is 2.62. The van der Waals surface area contributed by atoms with Gasteiger partial charge in [0.25, 0.3) is 0 Å². The van der Waals surface area contributed by atoms with Gasteiger partial charge in [0.05, 0.1) is 12.0 Å². The van der Waals surface area contributed by atoms with E-state index in [4.69, 9.17) is 4.74 Å². The number of benzene rings is 2. The summed E-state index contributed by atoms with van der Waals surface area (Å²) in [6.07, 6.45) is 3.01. The Morgan fingerprint density at radius 2 is 1.65 bits per heavy atom. The Kier molecular flexibility index (Phi) is 6.29. The molecule has 0 unspecified atom stereocenters. The Hall–Kier alpha value is -1.89. The van der Waals surface area contributed by atoms with E-state index in [0.29, 0.717) is 31.1 Å². The molecule has 26 heavy (non-hydrogen) atoms. The molecule has 0 bridgehead atoms. The number of para-hydroxylation sites is 1. The minimum Gasteiger partial charge on any atom is -0.496 e. The van der Waals surface area contributed by atoms with Crippen LogP contribution in [-0.2, 0) is 23.1 Å². The molecule has 0 aliphatic carbocycles. The molecule has 1 aliphatic rings. The molecule has 0 spiro atoms. The predicted molar refractivity (Wildman–Crippen MR) is 103 cm³/mol. The van der Waals surface area contributed by atoms with E-state index in [0.717, 1.165) is 36.1 Å². The summed E-state index contributed by atoms with van der Waals surface area (Å²) in [5, 5.41) is 3.37. The highest BCUT2D eigenvalue weighted by molar-refractivity contribution is 7.89. The Bertz CT molecular complexity index is 813. The maximum absolute atomic E-state index is 12.7. The lowest BCUT2D eigenvalue weighted by molar-refractivity contribution is 0.346. The molecule has 0 atom stereocenters. The third-order valence-corrected chi connectivity index (χ3v) is 6.63. The number of nitrogens with one attached hydrogen (secondary N) is 1. The molecule has 1 aliphatic heterocycles. The van der Waals surface area contributed by atoms with Crippen molar-refractivity contribution in [1.29, 1.82) is 0 Å².